The number of hydrogen-bond acceptors (Lipinski definition) is 6. The first kappa shape index (κ1) is 31.4. The van der Waals surface area contributed by atoms with Gasteiger partial charge in [-0.25, -0.2) is 0 Å². The average molecular weight is 630 g/mol. The van der Waals surface area contributed by atoms with E-state index >= 15 is 0 Å². The lowest BCUT2D eigenvalue weighted by Crippen LogP contribution is -2.57. The van der Waals surface area contributed by atoms with Crippen LogP contribution >= 0.6 is 11.8 Å². The summed E-state index contributed by atoms with van der Waals surface area (Å²) >= 11 is 1.56. The Bertz CT molecular complexity index is 1520. The normalized spacial score (nSPS) is 28.2. The highest BCUT2D eigenvalue weighted by atomic mass is 32.2. The summed E-state index contributed by atoms with van der Waals surface area (Å²) in [6.07, 6.45) is 8.64. The molecule has 1 N–H and O–H groups in total. The van der Waals surface area contributed by atoms with E-state index in [1.807, 2.05) is 87.5 Å². The van der Waals surface area contributed by atoms with Crippen molar-refractivity contribution in [1.29, 1.82) is 0 Å². The molecule has 0 aliphatic carbocycles. The molecule has 2 saturated heterocycles. The third-order valence-corrected chi connectivity index (χ3v) is 11.4. The van der Waals surface area contributed by atoms with E-state index in [9.17, 15) is 19.5 Å². The minimum Gasteiger partial charge on any atom is -0.494 e. The summed E-state index contributed by atoms with van der Waals surface area (Å²) in [6.45, 7) is 11.1. The van der Waals surface area contributed by atoms with Gasteiger partial charge in [0.1, 0.15) is 11.8 Å². The maximum Gasteiger partial charge on any atom is 0.251 e. The van der Waals surface area contributed by atoms with Crippen molar-refractivity contribution in [2.24, 2.45) is 17.8 Å². The number of anilines is 2. The lowest BCUT2D eigenvalue weighted by molar-refractivity contribution is -0.142. The Hall–Kier alpha value is -3.56. The standard InChI is InChI=1S/C36H43N3O5S/c1-6-44-27-15-13-25(14-16-27)37-18-8-12-28-29(33(37)41)30-34(42)39(26(21-40)20-22(2)3)32-35(43)38(19-9-17-36(30,32)45-28)31-23(4)10-7-11-24(31)5/h7-17,22,26,28-30,32,40H,6,18-21H2,1-5H3/t26-,28+,29-,30+,32?,36+/m1/s1. The number of amides is 3. The van der Waals surface area contributed by atoms with E-state index in [0.29, 0.717) is 26.1 Å². The number of aliphatic hydroxyl groups is 1. The Balaban J connectivity index is 1.45. The number of ether oxygens (including phenoxy) is 1. The fourth-order valence-corrected chi connectivity index (χ4v) is 9.84. The molecule has 1 spiro atoms. The molecule has 0 bridgehead atoms. The summed E-state index contributed by atoms with van der Waals surface area (Å²) < 4.78 is 4.66. The lowest BCUT2D eigenvalue weighted by Gasteiger charge is -2.39. The molecular weight excluding hydrogens is 586 g/mol. The van der Waals surface area contributed by atoms with Crippen LogP contribution in [0, 0.1) is 31.6 Å². The van der Waals surface area contributed by atoms with Gasteiger partial charge >= 0.3 is 0 Å². The summed E-state index contributed by atoms with van der Waals surface area (Å²) in [7, 11) is 0. The van der Waals surface area contributed by atoms with Gasteiger partial charge in [0.05, 0.1) is 35.8 Å². The molecule has 0 radical (unpaired) electrons. The molecule has 4 heterocycles. The van der Waals surface area contributed by atoms with Crippen molar-refractivity contribution in [2.75, 3.05) is 36.1 Å². The van der Waals surface area contributed by atoms with Crippen molar-refractivity contribution in [3.05, 3.63) is 77.9 Å². The minimum atomic E-state index is -0.957. The molecule has 2 aromatic rings. The number of carbonyl (C=O) groups is 3. The molecular formula is C36H43N3O5S. The number of aryl methyl sites for hydroxylation is 2. The van der Waals surface area contributed by atoms with Crippen LogP contribution in [0.1, 0.15) is 38.3 Å². The Morgan fingerprint density at radius 1 is 0.956 bits per heavy atom. The summed E-state index contributed by atoms with van der Waals surface area (Å²) in [5.41, 5.74) is 3.54. The van der Waals surface area contributed by atoms with Crippen LogP contribution in [0.25, 0.3) is 0 Å². The first-order valence-corrected chi connectivity index (χ1v) is 16.9. The Kier molecular flexibility index (Phi) is 8.61. The highest BCUT2D eigenvalue weighted by molar-refractivity contribution is 8.02. The number of thioether (sulfide) groups is 1. The number of nitrogens with zero attached hydrogens (tertiary/aromatic N) is 3. The van der Waals surface area contributed by atoms with E-state index < -0.39 is 28.7 Å². The van der Waals surface area contributed by atoms with Gasteiger partial charge in [0.2, 0.25) is 11.8 Å². The number of para-hydroxylation sites is 1. The summed E-state index contributed by atoms with van der Waals surface area (Å²) in [6, 6.07) is 12.0. The predicted molar refractivity (Wildman–Crippen MR) is 179 cm³/mol. The van der Waals surface area contributed by atoms with Gasteiger partial charge < -0.3 is 24.5 Å². The zero-order valence-electron chi connectivity index (χ0n) is 26.7. The van der Waals surface area contributed by atoms with E-state index in [1.54, 1.807) is 26.5 Å². The summed E-state index contributed by atoms with van der Waals surface area (Å²) in [5.74, 6) is -1.02. The van der Waals surface area contributed by atoms with Gasteiger partial charge in [-0.3, -0.25) is 14.4 Å². The summed E-state index contributed by atoms with van der Waals surface area (Å²) in [5, 5.41) is 10.4. The molecule has 0 saturated carbocycles. The van der Waals surface area contributed by atoms with E-state index in [1.165, 1.54) is 0 Å². The van der Waals surface area contributed by atoms with E-state index in [-0.39, 0.29) is 35.5 Å². The van der Waals surface area contributed by atoms with Crippen molar-refractivity contribution in [3.8, 4) is 5.75 Å². The number of likely N-dealkylation sites (tertiary alicyclic amines) is 1. The van der Waals surface area contributed by atoms with Gasteiger partial charge in [0.25, 0.3) is 5.91 Å². The number of fused-ring (bicyclic) bond motifs is 2. The Morgan fingerprint density at radius 2 is 1.64 bits per heavy atom. The largest absolute Gasteiger partial charge is 0.494 e. The van der Waals surface area contributed by atoms with E-state index in [4.69, 9.17) is 4.74 Å². The maximum atomic E-state index is 14.9. The Morgan fingerprint density at radius 3 is 2.29 bits per heavy atom. The highest BCUT2D eigenvalue weighted by Gasteiger charge is 2.72. The van der Waals surface area contributed by atoms with Crippen molar-refractivity contribution >= 4 is 40.9 Å². The predicted octanol–water partition coefficient (Wildman–Crippen LogP) is 4.91. The number of benzene rings is 2. The molecule has 1 unspecified atom stereocenters. The fraction of sp³-hybridized carbons (Fsp3) is 0.472. The summed E-state index contributed by atoms with van der Waals surface area (Å²) in [4.78, 5) is 49.5. The number of carbonyl (C=O) groups excluding carboxylic acids is 3. The van der Waals surface area contributed by atoms with Crippen molar-refractivity contribution in [3.63, 3.8) is 0 Å². The van der Waals surface area contributed by atoms with E-state index in [2.05, 4.69) is 13.8 Å². The number of aliphatic hydroxyl groups excluding tert-OH is 1. The van der Waals surface area contributed by atoms with Crippen LogP contribution in [0.3, 0.4) is 0 Å². The van der Waals surface area contributed by atoms with Gasteiger partial charge in [0.15, 0.2) is 0 Å². The van der Waals surface area contributed by atoms with E-state index in [0.717, 1.165) is 28.3 Å². The lowest BCUT2D eigenvalue weighted by atomic mass is 9.78. The molecule has 238 valence electrons. The van der Waals surface area contributed by atoms with Crippen LogP contribution in [-0.4, -0.2) is 76.1 Å². The molecule has 8 nitrogen and oxygen atoms in total. The molecule has 6 atom stereocenters. The topological polar surface area (TPSA) is 90.4 Å². The van der Waals surface area contributed by atoms with Crippen LogP contribution in [0.4, 0.5) is 11.4 Å². The van der Waals surface area contributed by atoms with Gasteiger partial charge in [-0.05, 0) is 68.5 Å². The van der Waals surface area contributed by atoms with Crippen molar-refractivity contribution < 1.29 is 24.2 Å². The van der Waals surface area contributed by atoms with Gasteiger partial charge in [-0.15, -0.1) is 11.8 Å². The minimum absolute atomic E-state index is 0.126. The molecule has 2 aromatic carbocycles. The molecule has 6 rings (SSSR count). The zero-order valence-corrected chi connectivity index (χ0v) is 27.5. The second-order valence-electron chi connectivity index (χ2n) is 12.9. The third kappa shape index (κ3) is 5.18. The second-order valence-corrected chi connectivity index (χ2v) is 14.4. The molecule has 4 aliphatic rings. The zero-order chi connectivity index (χ0) is 32.0. The third-order valence-electron chi connectivity index (χ3n) is 9.61. The van der Waals surface area contributed by atoms with Crippen molar-refractivity contribution in [1.82, 2.24) is 4.90 Å². The maximum absolute atomic E-state index is 14.9. The molecule has 4 aliphatic heterocycles. The van der Waals surface area contributed by atoms with Crippen LogP contribution in [-0.2, 0) is 14.4 Å². The first-order chi connectivity index (χ1) is 21.6. The van der Waals surface area contributed by atoms with Gasteiger partial charge in [0, 0.05) is 29.7 Å². The molecule has 9 heteroatoms. The fourth-order valence-electron chi connectivity index (χ4n) is 7.84. The number of hydrogen-bond donors (Lipinski definition) is 1. The monoisotopic (exact) mass is 629 g/mol. The van der Waals surface area contributed by atoms with Crippen LogP contribution in [0.2, 0.25) is 0 Å². The van der Waals surface area contributed by atoms with Crippen LogP contribution in [0.15, 0.2) is 66.8 Å². The number of rotatable bonds is 8. The molecule has 3 amide bonds. The van der Waals surface area contributed by atoms with Crippen molar-refractivity contribution in [2.45, 2.75) is 63.1 Å². The first-order valence-electron chi connectivity index (χ1n) is 16.0. The van der Waals surface area contributed by atoms with Gasteiger partial charge in [-0.2, -0.15) is 0 Å². The smallest absolute Gasteiger partial charge is 0.251 e. The van der Waals surface area contributed by atoms with Gasteiger partial charge in [-0.1, -0.05) is 56.4 Å². The SMILES string of the molecule is CCOc1ccc(N2CC=C[C@@H]3S[C@]45C=CCN(c6c(C)cccc6C)C(=O)C4N([C@@H](CO)CC(C)C)C(=O)[C@@H]5[C@@H]3C2=O)cc1. The van der Waals surface area contributed by atoms with Crippen LogP contribution < -0.4 is 14.5 Å². The highest BCUT2D eigenvalue weighted by Crippen LogP contribution is 2.61. The average Bonchev–Trinajstić information content (AvgIpc) is 3.33. The molecule has 2 fully saturated rings. The quantitative estimate of drug-likeness (QED) is 0.418. The Labute approximate surface area is 270 Å². The second kappa shape index (κ2) is 12.3. The van der Waals surface area contributed by atoms with Crippen LogP contribution in [0.5, 0.6) is 5.75 Å². The molecule has 0 aromatic heterocycles. The molecule has 45 heavy (non-hydrogen) atoms.